The van der Waals surface area contributed by atoms with Gasteiger partial charge >= 0.3 is 15.6 Å². The molecule has 0 amide bonds. The molecule has 0 aliphatic carbocycles. The van der Waals surface area contributed by atoms with Crippen LogP contribution >= 0.6 is 15.6 Å². The monoisotopic (exact) mass is 280 g/mol. The van der Waals surface area contributed by atoms with Crippen molar-refractivity contribution in [3.05, 3.63) is 12.3 Å². The molecule has 0 fully saturated rings. The summed E-state index contributed by atoms with van der Waals surface area (Å²) in [4.78, 5) is 31.7. The predicted octanol–water partition coefficient (Wildman–Crippen LogP) is 0.0649. The lowest BCUT2D eigenvalue weighted by atomic mass is 10.5. The highest BCUT2D eigenvalue weighted by Gasteiger charge is 2.11. The van der Waals surface area contributed by atoms with Gasteiger partial charge in [-0.15, -0.1) is 0 Å². The van der Waals surface area contributed by atoms with E-state index >= 15 is 0 Å². The molecule has 0 spiro atoms. The molecular formula is C5H14O9P2. The van der Waals surface area contributed by atoms with E-state index in [1.165, 1.54) is 6.08 Å². The summed E-state index contributed by atoms with van der Waals surface area (Å²) in [5, 5.41) is 7.69. The first-order chi connectivity index (χ1) is 7.12. The third-order valence-corrected chi connectivity index (χ3v) is 1.60. The van der Waals surface area contributed by atoms with Crippen molar-refractivity contribution in [3.63, 3.8) is 0 Å². The first kappa shape index (κ1) is 18.1. The van der Waals surface area contributed by atoms with Gasteiger partial charge in [-0.1, -0.05) is 6.92 Å². The zero-order valence-electron chi connectivity index (χ0n) is 8.33. The van der Waals surface area contributed by atoms with Gasteiger partial charge in [-0.3, -0.25) is 14.3 Å². The summed E-state index contributed by atoms with van der Waals surface area (Å²) >= 11 is 0. The van der Waals surface area contributed by atoms with E-state index in [1.54, 1.807) is 0 Å². The van der Waals surface area contributed by atoms with Crippen molar-refractivity contribution in [2.75, 3.05) is 6.79 Å². The molecule has 16 heavy (non-hydrogen) atoms. The number of rotatable bonds is 5. The van der Waals surface area contributed by atoms with Crippen molar-refractivity contribution in [2.45, 2.75) is 13.3 Å². The third-order valence-electron chi connectivity index (χ3n) is 0.756. The number of hydrogen-bond acceptors (Lipinski definition) is 5. The first-order valence-corrected chi connectivity index (χ1v) is 6.88. The maximum absolute atomic E-state index is 9.93. The van der Waals surface area contributed by atoms with Crippen LogP contribution < -0.4 is 0 Å². The summed E-state index contributed by atoms with van der Waals surface area (Å²) in [6, 6.07) is 0. The largest absolute Gasteiger partial charge is 0.524 e. The van der Waals surface area contributed by atoms with Crippen molar-refractivity contribution in [1.82, 2.24) is 0 Å². The fourth-order valence-electron chi connectivity index (χ4n) is 0.294. The molecule has 0 atom stereocenters. The van der Waals surface area contributed by atoms with E-state index in [0.717, 1.165) is 6.26 Å². The Morgan fingerprint density at radius 2 is 1.62 bits per heavy atom. The number of aliphatic hydroxyl groups excluding tert-OH is 1. The van der Waals surface area contributed by atoms with Crippen LogP contribution in [0, 0.1) is 0 Å². The summed E-state index contributed by atoms with van der Waals surface area (Å²) in [6.07, 6.45) is 3.21. The van der Waals surface area contributed by atoms with Gasteiger partial charge in [-0.25, -0.2) is 9.13 Å². The van der Waals surface area contributed by atoms with Crippen LogP contribution in [-0.4, -0.2) is 31.5 Å². The Kier molecular flexibility index (Phi) is 10.0. The number of hydrogen-bond donors (Lipinski definition) is 5. The number of phosphoric acid groups is 2. The van der Waals surface area contributed by atoms with E-state index in [9.17, 15) is 9.13 Å². The molecule has 11 heteroatoms. The third kappa shape index (κ3) is 23.5. The Morgan fingerprint density at radius 1 is 1.12 bits per heavy atom. The van der Waals surface area contributed by atoms with Gasteiger partial charge in [0.2, 0.25) is 0 Å². The zero-order chi connectivity index (χ0) is 13.2. The summed E-state index contributed by atoms with van der Waals surface area (Å²) in [5.74, 6) is 0. The first-order valence-electron chi connectivity index (χ1n) is 3.82. The molecule has 0 aromatic rings. The number of allylic oxidation sites excluding steroid dienone is 1. The van der Waals surface area contributed by atoms with Crippen LogP contribution in [0.1, 0.15) is 13.3 Å². The fourth-order valence-corrected chi connectivity index (χ4v) is 0.689. The molecule has 0 rings (SSSR count). The Morgan fingerprint density at radius 3 is 1.81 bits per heavy atom. The van der Waals surface area contributed by atoms with Gasteiger partial charge in [0.25, 0.3) is 0 Å². The molecule has 0 aliphatic heterocycles. The summed E-state index contributed by atoms with van der Waals surface area (Å²) < 4.78 is 26.9. The van der Waals surface area contributed by atoms with Gasteiger partial charge in [0, 0.05) is 0 Å². The molecule has 9 nitrogen and oxygen atoms in total. The second-order valence-corrected chi connectivity index (χ2v) is 4.56. The van der Waals surface area contributed by atoms with E-state index in [2.05, 4.69) is 9.05 Å². The van der Waals surface area contributed by atoms with Gasteiger partial charge < -0.3 is 19.4 Å². The van der Waals surface area contributed by atoms with Crippen LogP contribution in [0.2, 0.25) is 0 Å². The maximum Gasteiger partial charge on any atom is 0.524 e. The molecule has 0 bridgehead atoms. The summed E-state index contributed by atoms with van der Waals surface area (Å²) in [7, 11) is -8.70. The zero-order valence-corrected chi connectivity index (χ0v) is 10.1. The molecule has 5 N–H and O–H groups in total. The van der Waals surface area contributed by atoms with Gasteiger partial charge in [-0.05, 0) is 12.5 Å². The summed E-state index contributed by atoms with van der Waals surface area (Å²) in [5.41, 5.74) is 0. The molecule has 0 aromatic carbocycles. The van der Waals surface area contributed by atoms with Crippen molar-refractivity contribution in [2.24, 2.45) is 0 Å². The van der Waals surface area contributed by atoms with Gasteiger partial charge in [0.05, 0.1) is 6.26 Å². The smallest absolute Gasteiger partial charge is 0.413 e. The Hall–Kier alpha value is -0.240. The lowest BCUT2D eigenvalue weighted by molar-refractivity contribution is 0.0659. The van der Waals surface area contributed by atoms with E-state index in [0.29, 0.717) is 6.42 Å². The maximum atomic E-state index is 9.93. The highest BCUT2D eigenvalue weighted by atomic mass is 31.2. The second-order valence-electron chi connectivity index (χ2n) is 2.12. The predicted molar refractivity (Wildman–Crippen MR) is 52.8 cm³/mol. The Bertz CT molecular complexity index is 276. The van der Waals surface area contributed by atoms with Crippen LogP contribution in [0.3, 0.4) is 0 Å². The molecule has 98 valence electrons. The van der Waals surface area contributed by atoms with Crippen LogP contribution in [0.5, 0.6) is 0 Å². The van der Waals surface area contributed by atoms with Crippen molar-refractivity contribution in [1.29, 1.82) is 0 Å². The molecule has 0 saturated heterocycles. The minimum absolute atomic E-state index is 0.694. The number of aliphatic hydroxyl groups is 1. The molecule has 0 unspecified atom stereocenters. The Balaban J connectivity index is 0. The van der Waals surface area contributed by atoms with E-state index in [1.807, 2.05) is 6.92 Å². The van der Waals surface area contributed by atoms with E-state index in [-0.39, 0.29) is 0 Å². The Labute approximate surface area is 91.8 Å². The van der Waals surface area contributed by atoms with Gasteiger partial charge in [-0.2, -0.15) is 0 Å². The van der Waals surface area contributed by atoms with E-state index < -0.39 is 22.4 Å². The second kappa shape index (κ2) is 8.86. The van der Waals surface area contributed by atoms with E-state index in [4.69, 9.17) is 24.7 Å². The van der Waals surface area contributed by atoms with Crippen LogP contribution in [-0.2, 0) is 18.2 Å². The van der Waals surface area contributed by atoms with Gasteiger partial charge in [0.15, 0.2) is 6.79 Å². The highest BCUT2D eigenvalue weighted by molar-refractivity contribution is 7.46. The minimum Gasteiger partial charge on any atom is -0.413 e. The molecule has 0 radical (unpaired) electrons. The average Bonchev–Trinajstić information content (AvgIpc) is 2.01. The molecule has 0 aromatic heterocycles. The number of phosphoric ester groups is 2. The summed E-state index contributed by atoms with van der Waals surface area (Å²) in [6.45, 7) is 0.879. The average molecular weight is 280 g/mol. The van der Waals surface area contributed by atoms with Crippen molar-refractivity contribution in [3.8, 4) is 0 Å². The topological polar surface area (TPSA) is 154 Å². The molecule has 0 heterocycles. The molecular weight excluding hydrogens is 266 g/mol. The van der Waals surface area contributed by atoms with Gasteiger partial charge in [0.1, 0.15) is 0 Å². The lowest BCUT2D eigenvalue weighted by Gasteiger charge is -1.98. The SMILES string of the molecule is CCC=COP(=O)(O)O.O=P(O)(O)OCO. The molecule has 0 aliphatic rings. The van der Waals surface area contributed by atoms with Crippen molar-refractivity contribution >= 4 is 15.6 Å². The standard InChI is InChI=1S/C4H9O4P.CH5O5P/c1-2-3-4-8-9(5,6)7;2-1-6-7(3,4)5/h3-4H,2H2,1H3,(H2,5,6,7);2H,1H2,(H2,3,4,5). The lowest BCUT2D eigenvalue weighted by Crippen LogP contribution is -1.87. The molecule has 0 saturated carbocycles. The van der Waals surface area contributed by atoms with Crippen LogP contribution in [0.4, 0.5) is 0 Å². The normalized spacial score (nSPS) is 12.1. The van der Waals surface area contributed by atoms with Crippen LogP contribution in [0.15, 0.2) is 12.3 Å². The minimum atomic E-state index is -4.42. The fraction of sp³-hybridized carbons (Fsp3) is 0.600. The van der Waals surface area contributed by atoms with Crippen LogP contribution in [0.25, 0.3) is 0 Å². The quantitative estimate of drug-likeness (QED) is 0.267. The van der Waals surface area contributed by atoms with Crippen molar-refractivity contribution < 1.29 is 42.9 Å². The highest BCUT2D eigenvalue weighted by Crippen LogP contribution is 2.35.